The van der Waals surface area contributed by atoms with Gasteiger partial charge in [0.15, 0.2) is 6.10 Å². The number of nitrogens with one attached hydrogen (secondary N) is 1. The summed E-state index contributed by atoms with van der Waals surface area (Å²) in [6.07, 6.45) is -1.67. The van der Waals surface area contributed by atoms with Crippen LogP contribution < -0.4 is 16.2 Å². The summed E-state index contributed by atoms with van der Waals surface area (Å²) in [5.41, 5.74) is 17.6. The lowest BCUT2D eigenvalue weighted by Gasteiger charge is -2.15. The van der Waals surface area contributed by atoms with E-state index in [1.54, 1.807) is 0 Å². The Morgan fingerprint density at radius 2 is 1.62 bits per heavy atom. The van der Waals surface area contributed by atoms with E-state index >= 15 is 0 Å². The molecule has 0 spiro atoms. The van der Waals surface area contributed by atoms with Crippen LogP contribution in [0.15, 0.2) is 60.7 Å². The predicted octanol–water partition coefficient (Wildman–Crippen LogP) is 3.20. The summed E-state index contributed by atoms with van der Waals surface area (Å²) in [7, 11) is 0. The van der Waals surface area contributed by atoms with Crippen molar-refractivity contribution < 1.29 is 19.3 Å². The van der Waals surface area contributed by atoms with E-state index in [2.05, 4.69) is 20.1 Å². The second-order valence-electron chi connectivity index (χ2n) is 9.57. The molecule has 2 fully saturated rings. The van der Waals surface area contributed by atoms with Gasteiger partial charge in [-0.15, -0.1) is 5.10 Å². The van der Waals surface area contributed by atoms with Crippen LogP contribution in [-0.2, 0) is 9.47 Å². The standard InChI is InChI=1S/C27H24ClN7O4/c28-18-10-20-19(31-27(32-20)39-22-12-38-23-21(36)11-37-24(22)23)9-17(18)15-3-1-13(2-4-15)14-5-7-16(8-6-14)35-26(30)33-25(29)34-35/h1-10,21-24,36H,11-12H2,(H,31,32)(H4,29,30,33,34)/t21-,22-,23-,24-/m1/s1. The van der Waals surface area contributed by atoms with Crippen LogP contribution in [0.4, 0.5) is 11.9 Å². The zero-order chi connectivity index (χ0) is 26.7. The minimum atomic E-state index is -0.634. The number of imidazole rings is 1. The molecule has 3 aromatic carbocycles. The quantitative estimate of drug-likeness (QED) is 0.260. The summed E-state index contributed by atoms with van der Waals surface area (Å²) in [5.74, 6) is 0.362. The number of aromatic nitrogens is 5. The molecular formula is C27H24ClN7O4. The first kappa shape index (κ1) is 23.9. The van der Waals surface area contributed by atoms with Crippen LogP contribution >= 0.6 is 11.6 Å². The largest absolute Gasteiger partial charge is 0.456 e. The Balaban J connectivity index is 1.11. The molecule has 198 valence electrons. The average Bonchev–Trinajstić information content (AvgIpc) is 3.70. The summed E-state index contributed by atoms with van der Waals surface area (Å²) < 4.78 is 18.8. The predicted molar refractivity (Wildman–Crippen MR) is 146 cm³/mol. The van der Waals surface area contributed by atoms with Gasteiger partial charge in [-0.3, -0.25) is 0 Å². The second kappa shape index (κ2) is 9.24. The molecule has 2 saturated heterocycles. The highest BCUT2D eigenvalue weighted by molar-refractivity contribution is 6.34. The minimum absolute atomic E-state index is 0.128. The molecule has 2 aliphatic rings. The van der Waals surface area contributed by atoms with Crippen LogP contribution in [0.25, 0.3) is 39.0 Å². The van der Waals surface area contributed by atoms with E-state index in [9.17, 15) is 5.11 Å². The molecule has 0 aliphatic carbocycles. The molecule has 11 nitrogen and oxygen atoms in total. The van der Waals surface area contributed by atoms with Crippen molar-refractivity contribution in [3.63, 3.8) is 0 Å². The molecule has 2 aliphatic heterocycles. The van der Waals surface area contributed by atoms with Crippen molar-refractivity contribution in [2.24, 2.45) is 0 Å². The molecule has 0 radical (unpaired) electrons. The van der Waals surface area contributed by atoms with Crippen molar-refractivity contribution in [1.29, 1.82) is 0 Å². The Bertz CT molecular complexity index is 1670. The van der Waals surface area contributed by atoms with Crippen LogP contribution in [0.1, 0.15) is 0 Å². The zero-order valence-corrected chi connectivity index (χ0v) is 21.2. The Labute approximate surface area is 227 Å². The fourth-order valence-electron chi connectivity index (χ4n) is 5.14. The Morgan fingerprint density at radius 3 is 2.33 bits per heavy atom. The molecule has 0 unspecified atom stereocenters. The van der Waals surface area contributed by atoms with Crippen LogP contribution in [0.5, 0.6) is 6.01 Å². The smallest absolute Gasteiger partial charge is 0.295 e. The number of nitrogen functional groups attached to an aromatic ring is 2. The van der Waals surface area contributed by atoms with Crippen molar-refractivity contribution in [3.8, 4) is 34.0 Å². The molecular weight excluding hydrogens is 522 g/mol. The third-order valence-electron chi connectivity index (χ3n) is 7.08. The summed E-state index contributed by atoms with van der Waals surface area (Å²) >= 11 is 6.66. The molecule has 0 amide bonds. The number of hydrogen-bond acceptors (Lipinski definition) is 9. The van der Waals surface area contributed by atoms with Gasteiger partial charge in [-0.25, -0.2) is 0 Å². The molecule has 0 saturated carbocycles. The Kier molecular flexibility index (Phi) is 5.67. The number of nitrogens with zero attached hydrogens (tertiary/aromatic N) is 4. The van der Waals surface area contributed by atoms with E-state index in [0.29, 0.717) is 17.6 Å². The number of rotatable bonds is 5. The number of aliphatic hydroxyl groups is 1. The van der Waals surface area contributed by atoms with E-state index in [0.717, 1.165) is 39.0 Å². The Morgan fingerprint density at radius 1 is 0.923 bits per heavy atom. The van der Waals surface area contributed by atoms with Gasteiger partial charge in [0, 0.05) is 5.56 Å². The van der Waals surface area contributed by atoms with Crippen LogP contribution in [0.3, 0.4) is 0 Å². The fraction of sp³-hybridized carbons (Fsp3) is 0.222. The maximum atomic E-state index is 9.96. The highest BCUT2D eigenvalue weighted by Crippen LogP contribution is 2.35. The van der Waals surface area contributed by atoms with Gasteiger partial charge in [0.25, 0.3) is 6.01 Å². The number of benzene rings is 3. The van der Waals surface area contributed by atoms with Crippen LogP contribution in [0, 0.1) is 0 Å². The molecule has 5 aromatic rings. The first-order valence-electron chi connectivity index (χ1n) is 12.4. The molecule has 0 bridgehead atoms. The van der Waals surface area contributed by atoms with Crippen molar-refractivity contribution >= 4 is 34.5 Å². The highest BCUT2D eigenvalue weighted by atomic mass is 35.5. The molecule has 4 heterocycles. The van der Waals surface area contributed by atoms with E-state index in [4.69, 9.17) is 37.3 Å². The number of anilines is 2. The average molecular weight is 546 g/mol. The number of aliphatic hydroxyl groups excluding tert-OH is 1. The van der Waals surface area contributed by atoms with Gasteiger partial charge >= 0.3 is 0 Å². The summed E-state index contributed by atoms with van der Waals surface area (Å²) in [6, 6.07) is 20.0. The third-order valence-corrected chi connectivity index (χ3v) is 7.40. The van der Waals surface area contributed by atoms with Crippen LogP contribution in [0.2, 0.25) is 5.02 Å². The fourth-order valence-corrected chi connectivity index (χ4v) is 5.41. The topological polar surface area (TPSA) is 159 Å². The first-order valence-corrected chi connectivity index (χ1v) is 12.8. The maximum absolute atomic E-state index is 9.96. The lowest BCUT2D eigenvalue weighted by molar-refractivity contribution is 0.00706. The highest BCUT2D eigenvalue weighted by Gasteiger charge is 2.48. The molecule has 2 aromatic heterocycles. The SMILES string of the molecule is Nc1nc(N)n(-c2ccc(-c3ccc(-c4cc5nc(O[C@@H]6CO[C@H]7[C@@H]6OC[C@H]7O)[nH]c5cc4Cl)cc3)cc2)n1. The van der Waals surface area contributed by atoms with E-state index in [1.807, 2.05) is 60.7 Å². The number of halogens is 1. The molecule has 12 heteroatoms. The number of hydrogen-bond donors (Lipinski definition) is 4. The van der Waals surface area contributed by atoms with E-state index in [1.165, 1.54) is 4.68 Å². The third kappa shape index (κ3) is 4.25. The minimum Gasteiger partial charge on any atom is -0.456 e. The lowest BCUT2D eigenvalue weighted by atomic mass is 10.00. The van der Waals surface area contributed by atoms with Crippen molar-refractivity contribution in [2.45, 2.75) is 24.4 Å². The monoisotopic (exact) mass is 545 g/mol. The summed E-state index contributed by atoms with van der Waals surface area (Å²) in [4.78, 5) is 11.7. The summed E-state index contributed by atoms with van der Waals surface area (Å²) in [6.45, 7) is 0.569. The number of fused-ring (bicyclic) bond motifs is 2. The van der Waals surface area contributed by atoms with E-state index < -0.39 is 6.10 Å². The van der Waals surface area contributed by atoms with Crippen molar-refractivity contribution in [2.75, 3.05) is 24.7 Å². The van der Waals surface area contributed by atoms with Gasteiger partial charge in [0.1, 0.15) is 18.3 Å². The maximum Gasteiger partial charge on any atom is 0.295 e. The van der Waals surface area contributed by atoms with E-state index in [-0.39, 0.29) is 36.8 Å². The van der Waals surface area contributed by atoms with Gasteiger partial charge < -0.3 is 35.8 Å². The second-order valence-corrected chi connectivity index (χ2v) is 9.98. The Hall–Kier alpha value is -4.16. The number of H-pyrrole nitrogens is 1. The molecule has 6 N–H and O–H groups in total. The van der Waals surface area contributed by atoms with Gasteiger partial charge in [0.2, 0.25) is 11.9 Å². The van der Waals surface area contributed by atoms with Gasteiger partial charge in [-0.2, -0.15) is 14.6 Å². The normalized spacial score (nSPS) is 22.4. The number of ether oxygens (including phenoxy) is 3. The van der Waals surface area contributed by atoms with Crippen molar-refractivity contribution in [3.05, 3.63) is 65.7 Å². The van der Waals surface area contributed by atoms with Crippen LogP contribution in [-0.4, -0.2) is 67.5 Å². The molecule has 4 atom stereocenters. The molecule has 7 rings (SSSR count). The summed E-state index contributed by atoms with van der Waals surface area (Å²) in [5, 5.41) is 14.7. The zero-order valence-electron chi connectivity index (χ0n) is 20.5. The first-order chi connectivity index (χ1) is 18.9. The molecule has 39 heavy (non-hydrogen) atoms. The van der Waals surface area contributed by atoms with Gasteiger partial charge in [-0.1, -0.05) is 48.0 Å². The lowest BCUT2D eigenvalue weighted by Crippen LogP contribution is -2.34. The van der Waals surface area contributed by atoms with Gasteiger partial charge in [-0.05, 0) is 41.0 Å². The number of nitrogens with two attached hydrogens (primary N) is 2. The van der Waals surface area contributed by atoms with Crippen molar-refractivity contribution in [1.82, 2.24) is 24.7 Å². The number of aromatic amines is 1. The van der Waals surface area contributed by atoms with Gasteiger partial charge in [0.05, 0.1) is 35.0 Å².